The lowest BCUT2D eigenvalue weighted by Gasteiger charge is -2.22. The molecule has 1 aromatic carbocycles. The quantitative estimate of drug-likeness (QED) is 0.443. The first-order chi connectivity index (χ1) is 11.7. The number of guanidine groups is 1. The van der Waals surface area contributed by atoms with Crippen LogP contribution in [0.2, 0.25) is 5.02 Å². The summed E-state index contributed by atoms with van der Waals surface area (Å²) in [4.78, 5) is 6.72. The Labute approximate surface area is 150 Å². The summed E-state index contributed by atoms with van der Waals surface area (Å²) in [6, 6.07) is 7.90. The Balaban J connectivity index is 1.77. The van der Waals surface area contributed by atoms with Gasteiger partial charge in [0.25, 0.3) is 0 Å². The fourth-order valence-corrected chi connectivity index (χ4v) is 2.87. The Hall–Kier alpha value is -1.30. The van der Waals surface area contributed by atoms with Gasteiger partial charge in [0.1, 0.15) is 0 Å². The van der Waals surface area contributed by atoms with Crippen molar-refractivity contribution in [2.24, 2.45) is 4.99 Å². The molecule has 0 bridgehead atoms. The second kappa shape index (κ2) is 10.5. The third-order valence-electron chi connectivity index (χ3n) is 3.83. The summed E-state index contributed by atoms with van der Waals surface area (Å²) >= 11 is 6.05. The average Bonchev–Trinajstić information content (AvgIpc) is 3.07. The van der Waals surface area contributed by atoms with Crippen LogP contribution < -0.4 is 5.32 Å². The maximum absolute atomic E-state index is 6.05. The highest BCUT2D eigenvalue weighted by atomic mass is 35.5. The van der Waals surface area contributed by atoms with Crippen LogP contribution in [-0.4, -0.2) is 56.9 Å². The van der Waals surface area contributed by atoms with Gasteiger partial charge < -0.3 is 19.7 Å². The third-order valence-corrected chi connectivity index (χ3v) is 4.07. The van der Waals surface area contributed by atoms with Crippen molar-refractivity contribution in [3.8, 4) is 0 Å². The normalized spacial score (nSPS) is 18.0. The molecule has 0 aliphatic carbocycles. The summed E-state index contributed by atoms with van der Waals surface area (Å²) in [7, 11) is 2.02. The fraction of sp³-hybridized carbons (Fsp3) is 0.611. The second-order valence-electron chi connectivity index (χ2n) is 5.93. The zero-order valence-electron chi connectivity index (χ0n) is 14.6. The SMILES string of the molecule is CCNC(=NCCOCC1CCCO1)N(C)Cc1cccc(Cl)c1. The van der Waals surface area contributed by atoms with Gasteiger partial charge in [0.2, 0.25) is 0 Å². The van der Waals surface area contributed by atoms with E-state index < -0.39 is 0 Å². The summed E-state index contributed by atoms with van der Waals surface area (Å²) in [6.45, 7) is 6.43. The molecular formula is C18H28ClN3O2. The van der Waals surface area contributed by atoms with E-state index in [1.165, 1.54) is 0 Å². The summed E-state index contributed by atoms with van der Waals surface area (Å²) in [6.07, 6.45) is 2.52. The Kier molecular flexibility index (Phi) is 8.36. The van der Waals surface area contributed by atoms with Crippen LogP contribution in [-0.2, 0) is 16.0 Å². The van der Waals surface area contributed by atoms with Crippen molar-refractivity contribution in [3.05, 3.63) is 34.9 Å². The number of rotatable bonds is 8. The molecule has 1 N–H and O–H groups in total. The minimum Gasteiger partial charge on any atom is -0.377 e. The van der Waals surface area contributed by atoms with Crippen LogP contribution in [0, 0.1) is 0 Å². The number of benzene rings is 1. The van der Waals surface area contributed by atoms with E-state index in [0.29, 0.717) is 19.8 Å². The molecule has 1 heterocycles. The molecule has 0 aromatic heterocycles. The standard InChI is InChI=1S/C18H28ClN3O2/c1-3-20-18(21-9-11-23-14-17-8-5-10-24-17)22(2)13-15-6-4-7-16(19)12-15/h4,6-7,12,17H,3,5,8-11,13-14H2,1-2H3,(H,20,21). The van der Waals surface area contributed by atoms with E-state index in [0.717, 1.165) is 49.1 Å². The van der Waals surface area contributed by atoms with E-state index in [-0.39, 0.29) is 6.10 Å². The first-order valence-electron chi connectivity index (χ1n) is 8.62. The first-order valence-corrected chi connectivity index (χ1v) is 9.00. The highest BCUT2D eigenvalue weighted by molar-refractivity contribution is 6.30. The van der Waals surface area contributed by atoms with E-state index in [1.807, 2.05) is 25.2 Å². The van der Waals surface area contributed by atoms with Crippen molar-refractivity contribution in [1.82, 2.24) is 10.2 Å². The van der Waals surface area contributed by atoms with Crippen LogP contribution in [0.25, 0.3) is 0 Å². The Bertz CT molecular complexity index is 519. The molecule has 1 fully saturated rings. The van der Waals surface area contributed by atoms with E-state index in [2.05, 4.69) is 28.2 Å². The van der Waals surface area contributed by atoms with E-state index >= 15 is 0 Å². The molecule has 0 radical (unpaired) electrons. The van der Waals surface area contributed by atoms with Crippen molar-refractivity contribution in [1.29, 1.82) is 0 Å². The zero-order chi connectivity index (χ0) is 17.2. The van der Waals surface area contributed by atoms with Gasteiger partial charge in [-0.15, -0.1) is 0 Å². The first kappa shape index (κ1) is 19.0. The molecule has 6 heteroatoms. The number of halogens is 1. The van der Waals surface area contributed by atoms with Gasteiger partial charge in [-0.05, 0) is 37.5 Å². The average molecular weight is 354 g/mol. The van der Waals surface area contributed by atoms with Crippen LogP contribution in [0.3, 0.4) is 0 Å². The number of ether oxygens (including phenoxy) is 2. The predicted molar refractivity (Wildman–Crippen MR) is 98.7 cm³/mol. The number of hydrogen-bond acceptors (Lipinski definition) is 3. The smallest absolute Gasteiger partial charge is 0.194 e. The van der Waals surface area contributed by atoms with Gasteiger partial charge >= 0.3 is 0 Å². The van der Waals surface area contributed by atoms with Crippen molar-refractivity contribution < 1.29 is 9.47 Å². The highest BCUT2D eigenvalue weighted by Crippen LogP contribution is 2.13. The Morgan fingerprint density at radius 3 is 3.08 bits per heavy atom. The lowest BCUT2D eigenvalue weighted by molar-refractivity contribution is 0.0199. The maximum Gasteiger partial charge on any atom is 0.194 e. The Morgan fingerprint density at radius 2 is 2.38 bits per heavy atom. The van der Waals surface area contributed by atoms with Crippen molar-refractivity contribution >= 4 is 17.6 Å². The van der Waals surface area contributed by atoms with Gasteiger partial charge in [0.05, 0.1) is 25.9 Å². The van der Waals surface area contributed by atoms with Crippen molar-refractivity contribution in [2.75, 3.05) is 40.0 Å². The van der Waals surface area contributed by atoms with Crippen LogP contribution in [0.15, 0.2) is 29.3 Å². The molecule has 1 unspecified atom stereocenters. The summed E-state index contributed by atoms with van der Waals surface area (Å²) in [5.74, 6) is 0.873. The fourth-order valence-electron chi connectivity index (χ4n) is 2.66. The van der Waals surface area contributed by atoms with Gasteiger partial charge in [-0.25, -0.2) is 0 Å². The molecule has 1 aliphatic rings. The predicted octanol–water partition coefficient (Wildman–Crippen LogP) is 2.93. The maximum atomic E-state index is 6.05. The van der Waals surface area contributed by atoms with Gasteiger partial charge in [0, 0.05) is 31.8 Å². The topological polar surface area (TPSA) is 46.1 Å². The minimum atomic E-state index is 0.271. The van der Waals surface area contributed by atoms with Gasteiger partial charge in [-0.2, -0.15) is 0 Å². The number of aliphatic imine (C=N–C) groups is 1. The van der Waals surface area contributed by atoms with Crippen LogP contribution in [0.5, 0.6) is 0 Å². The molecule has 134 valence electrons. The molecule has 2 rings (SSSR count). The molecule has 0 spiro atoms. The molecular weight excluding hydrogens is 326 g/mol. The molecule has 1 aliphatic heterocycles. The van der Waals surface area contributed by atoms with Crippen molar-refractivity contribution in [2.45, 2.75) is 32.4 Å². The minimum absolute atomic E-state index is 0.271. The molecule has 24 heavy (non-hydrogen) atoms. The summed E-state index contributed by atoms with van der Waals surface area (Å²) < 4.78 is 11.2. The van der Waals surface area contributed by atoms with E-state index in [4.69, 9.17) is 21.1 Å². The van der Waals surface area contributed by atoms with Gasteiger partial charge in [-0.3, -0.25) is 4.99 Å². The summed E-state index contributed by atoms with van der Waals surface area (Å²) in [5.41, 5.74) is 1.16. The lowest BCUT2D eigenvalue weighted by Crippen LogP contribution is -2.38. The van der Waals surface area contributed by atoms with E-state index in [9.17, 15) is 0 Å². The second-order valence-corrected chi connectivity index (χ2v) is 6.37. The summed E-state index contributed by atoms with van der Waals surface area (Å²) in [5, 5.41) is 4.07. The van der Waals surface area contributed by atoms with Gasteiger partial charge in [-0.1, -0.05) is 23.7 Å². The third kappa shape index (κ3) is 6.67. The monoisotopic (exact) mass is 353 g/mol. The number of hydrogen-bond donors (Lipinski definition) is 1. The van der Waals surface area contributed by atoms with Crippen LogP contribution in [0.1, 0.15) is 25.3 Å². The van der Waals surface area contributed by atoms with Gasteiger partial charge in [0.15, 0.2) is 5.96 Å². The van der Waals surface area contributed by atoms with Crippen LogP contribution in [0.4, 0.5) is 0 Å². The van der Waals surface area contributed by atoms with Crippen LogP contribution >= 0.6 is 11.6 Å². The highest BCUT2D eigenvalue weighted by Gasteiger charge is 2.15. The molecule has 1 aromatic rings. The molecule has 1 atom stereocenters. The molecule has 1 saturated heterocycles. The molecule has 5 nitrogen and oxygen atoms in total. The van der Waals surface area contributed by atoms with Crippen molar-refractivity contribution in [3.63, 3.8) is 0 Å². The molecule has 0 saturated carbocycles. The Morgan fingerprint density at radius 1 is 1.50 bits per heavy atom. The lowest BCUT2D eigenvalue weighted by atomic mass is 10.2. The van der Waals surface area contributed by atoms with E-state index in [1.54, 1.807) is 0 Å². The molecule has 0 amide bonds. The zero-order valence-corrected chi connectivity index (χ0v) is 15.4. The largest absolute Gasteiger partial charge is 0.377 e. The number of nitrogens with zero attached hydrogens (tertiary/aromatic N) is 2. The number of nitrogens with one attached hydrogen (secondary N) is 1.